The summed E-state index contributed by atoms with van der Waals surface area (Å²) in [5.74, 6) is 0.833. The Hall–Kier alpha value is -0.220. The summed E-state index contributed by atoms with van der Waals surface area (Å²) in [7, 11) is 0. The second kappa shape index (κ2) is 8.15. The van der Waals surface area contributed by atoms with E-state index in [0.717, 1.165) is 25.4 Å². The summed E-state index contributed by atoms with van der Waals surface area (Å²) < 4.78 is 25.6. The van der Waals surface area contributed by atoms with Gasteiger partial charge in [-0.05, 0) is 38.1 Å². The fourth-order valence-electron chi connectivity index (χ4n) is 2.53. The molecule has 0 radical (unpaired) electrons. The van der Waals surface area contributed by atoms with Crippen LogP contribution in [0, 0.1) is 11.3 Å². The Morgan fingerprint density at radius 3 is 2.21 bits per heavy atom. The molecule has 2 N–H and O–H groups in total. The van der Waals surface area contributed by atoms with Crippen molar-refractivity contribution < 1.29 is 8.78 Å². The van der Waals surface area contributed by atoms with Crippen LogP contribution in [-0.4, -0.2) is 32.1 Å². The summed E-state index contributed by atoms with van der Waals surface area (Å²) in [6, 6.07) is 0.500. The van der Waals surface area contributed by atoms with Crippen molar-refractivity contribution in [3.63, 3.8) is 0 Å². The highest BCUT2D eigenvalue weighted by atomic mass is 19.3. The molecule has 114 valence electrons. The Morgan fingerprint density at radius 1 is 1.21 bits per heavy atom. The van der Waals surface area contributed by atoms with Gasteiger partial charge in [0.2, 0.25) is 6.43 Å². The highest BCUT2D eigenvalue weighted by Crippen LogP contribution is 2.45. The van der Waals surface area contributed by atoms with E-state index >= 15 is 0 Å². The summed E-state index contributed by atoms with van der Waals surface area (Å²) in [5, 5.41) is 6.57. The Balaban J connectivity index is 0.000000399. The number of hydrogen-bond donors (Lipinski definition) is 2. The lowest BCUT2D eigenvalue weighted by atomic mass is 9.69. The first-order chi connectivity index (χ1) is 8.96. The van der Waals surface area contributed by atoms with Gasteiger partial charge in [0, 0.05) is 24.5 Å². The van der Waals surface area contributed by atoms with Crippen LogP contribution < -0.4 is 10.6 Å². The highest BCUT2D eigenvalue weighted by molar-refractivity contribution is 4.92. The van der Waals surface area contributed by atoms with Crippen LogP contribution in [-0.2, 0) is 0 Å². The molecular weight excluding hydrogens is 246 g/mol. The van der Waals surface area contributed by atoms with E-state index in [2.05, 4.69) is 31.4 Å². The molecule has 1 unspecified atom stereocenters. The Labute approximate surface area is 116 Å². The molecular formula is C15H30F2N2. The Kier molecular flexibility index (Phi) is 7.22. The largest absolute Gasteiger partial charge is 0.314 e. The molecule has 1 saturated heterocycles. The summed E-state index contributed by atoms with van der Waals surface area (Å²) in [6.45, 7) is 8.91. The Bertz CT molecular complexity index is 232. The molecule has 0 aromatic carbocycles. The zero-order chi connectivity index (χ0) is 14.3. The number of alkyl halides is 2. The monoisotopic (exact) mass is 276 g/mol. The molecule has 1 aliphatic heterocycles. The molecule has 0 amide bonds. The molecule has 2 nitrogen and oxygen atoms in total. The first kappa shape index (κ1) is 16.8. The van der Waals surface area contributed by atoms with E-state index in [4.69, 9.17) is 0 Å². The third-order valence-corrected chi connectivity index (χ3v) is 3.84. The molecule has 2 rings (SSSR count). The fourth-order valence-corrected chi connectivity index (χ4v) is 2.53. The second-order valence-corrected chi connectivity index (χ2v) is 6.67. The minimum atomic E-state index is -2.16. The maximum Gasteiger partial charge on any atom is 0.245 e. The molecule has 2 fully saturated rings. The SMILES string of the molecule is CC(C)C.FC(F)C1(CNCC2CCCN2)CCC1. The first-order valence-electron chi connectivity index (χ1n) is 7.68. The zero-order valence-electron chi connectivity index (χ0n) is 12.6. The van der Waals surface area contributed by atoms with Crippen LogP contribution in [0.2, 0.25) is 0 Å². The molecule has 0 aromatic rings. The predicted octanol–water partition coefficient (Wildman–Crippen LogP) is 3.43. The molecule has 1 aliphatic carbocycles. The molecule has 2 aliphatic rings. The smallest absolute Gasteiger partial charge is 0.245 e. The van der Waals surface area contributed by atoms with Crippen molar-refractivity contribution in [3.05, 3.63) is 0 Å². The number of hydrogen-bond acceptors (Lipinski definition) is 2. The van der Waals surface area contributed by atoms with E-state index in [1.165, 1.54) is 12.8 Å². The number of halogens is 2. The standard InChI is InChI=1S/C11H20F2N2.C4H10/c12-10(13)11(4-2-5-11)8-14-7-9-3-1-6-15-9;1-4(2)3/h9-10,14-15H,1-8H2;4H,1-3H3. The summed E-state index contributed by atoms with van der Waals surface area (Å²) in [4.78, 5) is 0. The summed E-state index contributed by atoms with van der Waals surface area (Å²) in [5.41, 5.74) is -0.696. The van der Waals surface area contributed by atoms with Crippen molar-refractivity contribution >= 4 is 0 Å². The van der Waals surface area contributed by atoms with Crippen molar-refractivity contribution in [2.75, 3.05) is 19.6 Å². The summed E-state index contributed by atoms with van der Waals surface area (Å²) in [6.07, 6.45) is 2.58. The van der Waals surface area contributed by atoms with Crippen LogP contribution in [0.3, 0.4) is 0 Å². The van der Waals surface area contributed by atoms with Gasteiger partial charge in [0.15, 0.2) is 0 Å². The van der Waals surface area contributed by atoms with E-state index in [9.17, 15) is 8.78 Å². The van der Waals surface area contributed by atoms with Crippen molar-refractivity contribution in [3.8, 4) is 0 Å². The van der Waals surface area contributed by atoms with Crippen LogP contribution in [0.5, 0.6) is 0 Å². The zero-order valence-corrected chi connectivity index (χ0v) is 12.6. The van der Waals surface area contributed by atoms with Gasteiger partial charge in [0.25, 0.3) is 0 Å². The van der Waals surface area contributed by atoms with Gasteiger partial charge in [-0.3, -0.25) is 0 Å². The third kappa shape index (κ3) is 5.74. The van der Waals surface area contributed by atoms with E-state index in [1.807, 2.05) is 0 Å². The van der Waals surface area contributed by atoms with Gasteiger partial charge in [0.05, 0.1) is 0 Å². The van der Waals surface area contributed by atoms with Crippen LogP contribution in [0.4, 0.5) is 8.78 Å². The van der Waals surface area contributed by atoms with Gasteiger partial charge >= 0.3 is 0 Å². The minimum Gasteiger partial charge on any atom is -0.314 e. The molecule has 1 saturated carbocycles. The van der Waals surface area contributed by atoms with Gasteiger partial charge < -0.3 is 10.6 Å². The maximum atomic E-state index is 12.8. The van der Waals surface area contributed by atoms with Gasteiger partial charge in [0.1, 0.15) is 0 Å². The van der Waals surface area contributed by atoms with Gasteiger partial charge in [-0.15, -0.1) is 0 Å². The lowest BCUT2D eigenvalue weighted by Crippen LogP contribution is -2.47. The highest BCUT2D eigenvalue weighted by Gasteiger charge is 2.44. The molecule has 0 spiro atoms. The van der Waals surface area contributed by atoms with Crippen molar-refractivity contribution in [2.24, 2.45) is 11.3 Å². The number of nitrogens with one attached hydrogen (secondary N) is 2. The molecule has 4 heteroatoms. The van der Waals surface area contributed by atoms with Gasteiger partial charge in [-0.2, -0.15) is 0 Å². The maximum absolute atomic E-state index is 12.8. The third-order valence-electron chi connectivity index (χ3n) is 3.84. The van der Waals surface area contributed by atoms with Crippen LogP contribution in [0.1, 0.15) is 52.9 Å². The van der Waals surface area contributed by atoms with E-state index in [-0.39, 0.29) is 0 Å². The van der Waals surface area contributed by atoms with Crippen molar-refractivity contribution in [1.82, 2.24) is 10.6 Å². The van der Waals surface area contributed by atoms with E-state index < -0.39 is 11.8 Å². The molecule has 0 aromatic heterocycles. The normalized spacial score (nSPS) is 25.1. The molecule has 1 atom stereocenters. The van der Waals surface area contributed by atoms with Crippen LogP contribution in [0.25, 0.3) is 0 Å². The lowest BCUT2D eigenvalue weighted by Gasteiger charge is -2.41. The minimum absolute atomic E-state index is 0.489. The quantitative estimate of drug-likeness (QED) is 0.804. The second-order valence-electron chi connectivity index (χ2n) is 6.67. The van der Waals surface area contributed by atoms with Crippen LogP contribution >= 0.6 is 0 Å². The van der Waals surface area contributed by atoms with Crippen molar-refractivity contribution in [1.29, 1.82) is 0 Å². The first-order valence-corrected chi connectivity index (χ1v) is 7.68. The van der Waals surface area contributed by atoms with Gasteiger partial charge in [-0.25, -0.2) is 8.78 Å². The molecule has 19 heavy (non-hydrogen) atoms. The molecule has 0 bridgehead atoms. The van der Waals surface area contributed by atoms with E-state index in [0.29, 0.717) is 25.4 Å². The Morgan fingerprint density at radius 2 is 1.84 bits per heavy atom. The molecule has 1 heterocycles. The topological polar surface area (TPSA) is 24.1 Å². The van der Waals surface area contributed by atoms with Gasteiger partial charge in [-0.1, -0.05) is 27.2 Å². The average Bonchev–Trinajstić information content (AvgIpc) is 2.73. The predicted molar refractivity (Wildman–Crippen MR) is 76.7 cm³/mol. The lowest BCUT2D eigenvalue weighted by molar-refractivity contribution is -0.0586. The van der Waals surface area contributed by atoms with Crippen LogP contribution in [0.15, 0.2) is 0 Å². The number of rotatable bonds is 5. The van der Waals surface area contributed by atoms with E-state index in [1.54, 1.807) is 0 Å². The fraction of sp³-hybridized carbons (Fsp3) is 1.00. The average molecular weight is 276 g/mol. The van der Waals surface area contributed by atoms with Crippen molar-refractivity contribution in [2.45, 2.75) is 65.3 Å². The summed E-state index contributed by atoms with van der Waals surface area (Å²) >= 11 is 0.